The number of urea groups is 1. The number of carbonyl (C=O) groups excluding carboxylic acids is 2. The molecule has 3 rings (SSSR count). The van der Waals surface area contributed by atoms with Crippen molar-refractivity contribution in [3.63, 3.8) is 0 Å². The number of hydrogen-bond acceptors (Lipinski definition) is 6. The molecule has 0 spiro atoms. The number of pyridine rings is 1. The summed E-state index contributed by atoms with van der Waals surface area (Å²) in [6, 6.07) is 15.5. The molecular weight excluding hydrogens is 446 g/mol. The molecular formula is C23H26ClN5O4. The molecule has 33 heavy (non-hydrogen) atoms. The Bertz CT molecular complexity index is 1100. The quantitative estimate of drug-likeness (QED) is 0.379. The van der Waals surface area contributed by atoms with E-state index in [2.05, 4.69) is 15.6 Å². The Hall–Kier alpha value is -3.40. The van der Waals surface area contributed by atoms with Crippen LogP contribution in [0.3, 0.4) is 0 Å². The number of amides is 3. The maximum absolute atomic E-state index is 12.6. The first kappa shape index (κ1) is 24.2. The van der Waals surface area contributed by atoms with Crippen molar-refractivity contribution in [2.24, 2.45) is 5.73 Å². The predicted molar refractivity (Wildman–Crippen MR) is 127 cm³/mol. The van der Waals surface area contributed by atoms with Crippen LogP contribution in [0.4, 0.5) is 15.4 Å². The Balaban J connectivity index is 1.51. The fraction of sp³-hybridized carbons (Fsp3) is 0.261. The number of carbonyl (C=O) groups is 2. The highest BCUT2D eigenvalue weighted by Crippen LogP contribution is 2.16. The maximum atomic E-state index is 12.6. The van der Waals surface area contributed by atoms with Crippen molar-refractivity contribution >= 4 is 40.3 Å². The van der Waals surface area contributed by atoms with Gasteiger partial charge in [0, 0.05) is 35.7 Å². The minimum Gasteiger partial charge on any atom is -0.447 e. The molecule has 1 heterocycles. The van der Waals surface area contributed by atoms with Gasteiger partial charge >= 0.3 is 12.1 Å². The molecule has 0 aliphatic carbocycles. The van der Waals surface area contributed by atoms with E-state index in [1.54, 1.807) is 30.5 Å². The number of nitrogens with one attached hydrogen (secondary N) is 2. The Morgan fingerprint density at radius 1 is 1.15 bits per heavy atom. The van der Waals surface area contributed by atoms with Gasteiger partial charge in [-0.25, -0.2) is 14.6 Å². The van der Waals surface area contributed by atoms with Crippen molar-refractivity contribution in [2.45, 2.75) is 12.6 Å². The number of fused-ring (bicyclic) bond motifs is 1. The molecule has 0 aliphatic rings. The standard InChI is InChI=1S/C23H26ClN5O4/c24-20-8-4-3-7-18(20)13-27-22(31)29(14-19(25)15-30)9-10-33-23(32)28-21-11-16-5-1-2-6-17(16)12-26-21/h1-8,11-12,19,30H,9-10,13-15,25H2,(H,27,31)(H,26,28,32)/t19-/m1/s1. The minimum atomic E-state index is -0.694. The summed E-state index contributed by atoms with van der Waals surface area (Å²) in [6.07, 6.45) is 0.965. The molecule has 1 atom stereocenters. The van der Waals surface area contributed by atoms with Gasteiger partial charge in [0.2, 0.25) is 0 Å². The van der Waals surface area contributed by atoms with Crippen LogP contribution in [0.1, 0.15) is 5.56 Å². The van der Waals surface area contributed by atoms with Gasteiger partial charge in [-0.3, -0.25) is 5.32 Å². The Labute approximate surface area is 196 Å². The summed E-state index contributed by atoms with van der Waals surface area (Å²) < 4.78 is 5.20. The third-order valence-electron chi connectivity index (χ3n) is 4.82. The van der Waals surface area contributed by atoms with Gasteiger partial charge in [-0.05, 0) is 23.1 Å². The number of aromatic nitrogens is 1. The van der Waals surface area contributed by atoms with E-state index in [1.807, 2.05) is 30.3 Å². The average Bonchev–Trinajstić information content (AvgIpc) is 2.82. The molecule has 9 nitrogen and oxygen atoms in total. The number of benzene rings is 2. The van der Waals surface area contributed by atoms with Crippen LogP contribution >= 0.6 is 11.6 Å². The molecule has 0 radical (unpaired) electrons. The van der Waals surface area contributed by atoms with E-state index in [4.69, 9.17) is 22.1 Å². The molecule has 0 bridgehead atoms. The van der Waals surface area contributed by atoms with Crippen molar-refractivity contribution in [3.05, 3.63) is 71.4 Å². The van der Waals surface area contributed by atoms with E-state index in [0.717, 1.165) is 16.3 Å². The Kier molecular flexibility index (Phi) is 8.82. The van der Waals surface area contributed by atoms with Crippen LogP contribution in [-0.4, -0.2) is 59.5 Å². The molecule has 0 saturated carbocycles. The molecule has 174 valence electrons. The topological polar surface area (TPSA) is 130 Å². The molecule has 3 aromatic rings. The monoisotopic (exact) mass is 471 g/mol. The van der Waals surface area contributed by atoms with E-state index < -0.39 is 18.2 Å². The van der Waals surface area contributed by atoms with E-state index in [0.29, 0.717) is 10.8 Å². The lowest BCUT2D eigenvalue weighted by molar-refractivity contribution is 0.134. The SMILES string of the molecule is N[C@@H](CO)CN(CCOC(=O)Nc1cc2ccccc2cn1)C(=O)NCc1ccccc1Cl. The number of ether oxygens (including phenoxy) is 1. The molecule has 0 unspecified atom stereocenters. The van der Waals surface area contributed by atoms with E-state index >= 15 is 0 Å². The first-order valence-electron chi connectivity index (χ1n) is 10.4. The van der Waals surface area contributed by atoms with Gasteiger partial charge in [0.1, 0.15) is 12.4 Å². The fourth-order valence-electron chi connectivity index (χ4n) is 3.08. The number of aliphatic hydroxyl groups excluding tert-OH is 1. The fourth-order valence-corrected chi connectivity index (χ4v) is 3.28. The summed E-state index contributed by atoms with van der Waals surface area (Å²) >= 11 is 6.12. The van der Waals surface area contributed by atoms with Crippen LogP contribution < -0.4 is 16.4 Å². The molecule has 0 aliphatic heterocycles. The van der Waals surface area contributed by atoms with Crippen molar-refractivity contribution in [1.29, 1.82) is 0 Å². The second-order valence-electron chi connectivity index (χ2n) is 7.32. The third-order valence-corrected chi connectivity index (χ3v) is 5.19. The summed E-state index contributed by atoms with van der Waals surface area (Å²) in [6.45, 7) is 0.0291. The van der Waals surface area contributed by atoms with Gasteiger partial charge in [0.05, 0.1) is 13.2 Å². The minimum absolute atomic E-state index is 0.0723. The summed E-state index contributed by atoms with van der Waals surface area (Å²) in [5, 5.41) is 17.0. The first-order chi connectivity index (χ1) is 16.0. The lowest BCUT2D eigenvalue weighted by atomic mass is 10.2. The second-order valence-corrected chi connectivity index (χ2v) is 7.72. The van der Waals surface area contributed by atoms with Crippen LogP contribution in [0.25, 0.3) is 10.8 Å². The molecule has 5 N–H and O–H groups in total. The van der Waals surface area contributed by atoms with Crippen LogP contribution in [0.2, 0.25) is 5.02 Å². The smallest absolute Gasteiger partial charge is 0.412 e. The summed E-state index contributed by atoms with van der Waals surface area (Å²) in [7, 11) is 0. The van der Waals surface area contributed by atoms with Crippen LogP contribution in [0, 0.1) is 0 Å². The number of hydrogen-bond donors (Lipinski definition) is 4. The number of anilines is 1. The normalized spacial score (nSPS) is 11.6. The number of rotatable bonds is 9. The zero-order chi connectivity index (χ0) is 23.6. The van der Waals surface area contributed by atoms with Gasteiger partial charge in [0.15, 0.2) is 0 Å². The second kappa shape index (κ2) is 12.0. The van der Waals surface area contributed by atoms with E-state index in [-0.39, 0.29) is 32.8 Å². The zero-order valence-corrected chi connectivity index (χ0v) is 18.7. The molecule has 3 amide bonds. The van der Waals surface area contributed by atoms with Gasteiger partial charge < -0.3 is 25.8 Å². The molecule has 0 fully saturated rings. The largest absolute Gasteiger partial charge is 0.447 e. The molecule has 10 heteroatoms. The number of nitrogens with two attached hydrogens (primary N) is 1. The average molecular weight is 472 g/mol. The van der Waals surface area contributed by atoms with Gasteiger partial charge in [-0.15, -0.1) is 0 Å². The maximum Gasteiger partial charge on any atom is 0.412 e. The van der Waals surface area contributed by atoms with Crippen molar-refractivity contribution in [2.75, 3.05) is 31.6 Å². The van der Waals surface area contributed by atoms with Crippen LogP contribution in [0.5, 0.6) is 0 Å². The van der Waals surface area contributed by atoms with Crippen LogP contribution in [-0.2, 0) is 11.3 Å². The van der Waals surface area contributed by atoms with Crippen molar-refractivity contribution in [1.82, 2.24) is 15.2 Å². The third kappa shape index (κ3) is 7.31. The molecule has 2 aromatic carbocycles. The predicted octanol–water partition coefficient (Wildman–Crippen LogP) is 2.97. The number of nitrogens with zero attached hydrogens (tertiary/aromatic N) is 2. The number of aliphatic hydroxyl groups is 1. The van der Waals surface area contributed by atoms with Gasteiger partial charge in [-0.1, -0.05) is 54.1 Å². The first-order valence-corrected chi connectivity index (χ1v) is 10.7. The number of halogens is 1. The van der Waals surface area contributed by atoms with Gasteiger partial charge in [0.25, 0.3) is 0 Å². The Morgan fingerprint density at radius 3 is 2.64 bits per heavy atom. The summed E-state index contributed by atoms with van der Waals surface area (Å²) in [5.41, 5.74) is 6.56. The van der Waals surface area contributed by atoms with Crippen molar-refractivity contribution in [3.8, 4) is 0 Å². The zero-order valence-electron chi connectivity index (χ0n) is 17.9. The lowest BCUT2D eigenvalue weighted by Crippen LogP contribution is -2.48. The highest BCUT2D eigenvalue weighted by Gasteiger charge is 2.17. The molecule has 0 saturated heterocycles. The summed E-state index contributed by atoms with van der Waals surface area (Å²) in [4.78, 5) is 30.4. The van der Waals surface area contributed by atoms with Crippen molar-refractivity contribution < 1.29 is 19.4 Å². The highest BCUT2D eigenvalue weighted by molar-refractivity contribution is 6.31. The van der Waals surface area contributed by atoms with E-state index in [1.165, 1.54) is 4.90 Å². The molecule has 1 aromatic heterocycles. The van der Waals surface area contributed by atoms with E-state index in [9.17, 15) is 14.7 Å². The van der Waals surface area contributed by atoms with Gasteiger partial charge in [-0.2, -0.15) is 0 Å². The van der Waals surface area contributed by atoms with Crippen LogP contribution in [0.15, 0.2) is 60.8 Å². The summed E-state index contributed by atoms with van der Waals surface area (Å²) in [5.74, 6) is 0.357. The highest BCUT2D eigenvalue weighted by atomic mass is 35.5. The lowest BCUT2D eigenvalue weighted by Gasteiger charge is -2.25. The Morgan fingerprint density at radius 2 is 1.88 bits per heavy atom.